The number of rotatable bonds is 10. The molecular weight excluding hydrogens is 534 g/mol. The maximum atomic E-state index is 13.9. The van der Waals surface area contributed by atoms with Crippen LogP contribution >= 0.6 is 0 Å². The molecule has 2 aromatic carbocycles. The Morgan fingerprint density at radius 3 is 2.22 bits per heavy atom. The first-order valence-corrected chi connectivity index (χ1v) is 14.2. The third-order valence-electron chi connectivity index (χ3n) is 7.52. The lowest BCUT2D eigenvalue weighted by Gasteiger charge is -2.36. The Kier molecular flexibility index (Phi) is 9.89. The summed E-state index contributed by atoms with van der Waals surface area (Å²) in [7, 11) is 0. The van der Waals surface area contributed by atoms with Crippen LogP contribution in [0.4, 0.5) is 17.6 Å². The zero-order valence-corrected chi connectivity index (χ0v) is 23.5. The monoisotopic (exact) mass is 571 g/mol. The van der Waals surface area contributed by atoms with Gasteiger partial charge in [-0.2, -0.15) is 13.2 Å². The number of halogens is 4. The summed E-state index contributed by atoms with van der Waals surface area (Å²) < 4.78 is 54.6. The van der Waals surface area contributed by atoms with Crippen LogP contribution in [-0.2, 0) is 24.1 Å². The first-order chi connectivity index (χ1) is 19.5. The molecule has 4 rings (SSSR count). The van der Waals surface area contributed by atoms with Crippen molar-refractivity contribution in [3.63, 3.8) is 0 Å². The fourth-order valence-electron chi connectivity index (χ4n) is 5.42. The second-order valence-corrected chi connectivity index (χ2v) is 11.2. The minimum absolute atomic E-state index is 0.0347. The Hall–Kier alpha value is -3.62. The minimum atomic E-state index is -4.50. The molecule has 1 aliphatic carbocycles. The van der Waals surface area contributed by atoms with E-state index in [1.165, 1.54) is 29.2 Å². The van der Waals surface area contributed by atoms with Crippen LogP contribution < -0.4 is 0 Å². The average Bonchev–Trinajstić information content (AvgIpc) is 3.38. The average molecular weight is 572 g/mol. The van der Waals surface area contributed by atoms with E-state index >= 15 is 0 Å². The molecule has 1 aliphatic rings. The predicted molar refractivity (Wildman–Crippen MR) is 150 cm³/mol. The van der Waals surface area contributed by atoms with Gasteiger partial charge in [-0.05, 0) is 72.9 Å². The lowest BCUT2D eigenvalue weighted by atomic mass is 9.94. The van der Waals surface area contributed by atoms with Crippen molar-refractivity contribution in [1.82, 2.24) is 14.4 Å². The zero-order valence-electron chi connectivity index (χ0n) is 23.5. The van der Waals surface area contributed by atoms with Crippen LogP contribution in [0, 0.1) is 11.7 Å². The topological polar surface area (TPSA) is 45.6 Å². The van der Waals surface area contributed by atoms with Crippen LogP contribution in [0.2, 0.25) is 0 Å². The van der Waals surface area contributed by atoms with E-state index in [4.69, 9.17) is 0 Å². The van der Waals surface area contributed by atoms with Crippen molar-refractivity contribution in [2.24, 2.45) is 5.92 Å². The van der Waals surface area contributed by atoms with Crippen LogP contribution in [0.15, 0.2) is 66.9 Å². The molecule has 0 unspecified atom stereocenters. The molecule has 5 nitrogen and oxygen atoms in total. The van der Waals surface area contributed by atoms with Gasteiger partial charge < -0.3 is 14.4 Å². The highest BCUT2D eigenvalue weighted by Gasteiger charge is 2.32. The number of hydrogen-bond acceptors (Lipinski definition) is 2. The number of carbonyl (C=O) groups is 2. The molecule has 0 bridgehead atoms. The van der Waals surface area contributed by atoms with Crippen molar-refractivity contribution in [3.8, 4) is 0 Å². The normalized spacial score (nSPS) is 14.3. The Bertz CT molecular complexity index is 1290. The van der Waals surface area contributed by atoms with E-state index < -0.39 is 17.6 Å². The maximum absolute atomic E-state index is 13.9. The van der Waals surface area contributed by atoms with Crippen molar-refractivity contribution in [1.29, 1.82) is 0 Å². The smallest absolute Gasteiger partial charge is 0.345 e. The molecule has 41 heavy (non-hydrogen) atoms. The highest BCUT2D eigenvalue weighted by molar-refractivity contribution is 5.96. The summed E-state index contributed by atoms with van der Waals surface area (Å²) in [5, 5.41) is 0. The SMILES string of the molecule is CC(C)CN(CC(=O)N(Cc1cccn1Cc1ccc(F)cc1)C1CCCCC1)C(=O)c1ccc(C(F)(F)F)cc1. The predicted octanol–water partition coefficient (Wildman–Crippen LogP) is 7.15. The largest absolute Gasteiger partial charge is 0.416 e. The standard InChI is InChI=1S/C32H37F4N3O2/c1-23(2)19-38(31(41)25-12-14-26(15-13-25)32(34,35)36)22-30(40)39(28-7-4-3-5-8-28)21-29-9-6-18-37(29)20-24-10-16-27(33)17-11-24/h6,9-18,23,28H,3-5,7-8,19-22H2,1-2H3. The summed E-state index contributed by atoms with van der Waals surface area (Å²) in [6.07, 6.45) is 2.34. The first kappa shape index (κ1) is 30.3. The van der Waals surface area contributed by atoms with Gasteiger partial charge in [0.2, 0.25) is 5.91 Å². The van der Waals surface area contributed by atoms with E-state index in [9.17, 15) is 27.2 Å². The molecule has 2 amide bonds. The molecular formula is C32H37F4N3O2. The molecule has 9 heteroatoms. The van der Waals surface area contributed by atoms with Crippen LogP contribution in [0.5, 0.6) is 0 Å². The Morgan fingerprint density at radius 1 is 0.951 bits per heavy atom. The van der Waals surface area contributed by atoms with Crippen LogP contribution in [0.1, 0.15) is 73.1 Å². The zero-order chi connectivity index (χ0) is 29.6. The summed E-state index contributed by atoms with van der Waals surface area (Å²) in [5.74, 6) is -0.902. The van der Waals surface area contributed by atoms with Crippen LogP contribution in [0.3, 0.4) is 0 Å². The molecule has 0 N–H and O–H groups in total. The van der Waals surface area contributed by atoms with Crippen molar-refractivity contribution < 1.29 is 27.2 Å². The number of amides is 2. The number of benzene rings is 2. The van der Waals surface area contributed by atoms with Crippen LogP contribution in [-0.4, -0.2) is 45.3 Å². The van der Waals surface area contributed by atoms with Crippen molar-refractivity contribution in [2.75, 3.05) is 13.1 Å². The summed E-state index contributed by atoms with van der Waals surface area (Å²) in [6.45, 7) is 4.89. The van der Waals surface area contributed by atoms with E-state index in [1.807, 2.05) is 41.6 Å². The number of nitrogens with zero attached hydrogens (tertiary/aromatic N) is 3. The van der Waals surface area contributed by atoms with Gasteiger partial charge in [-0.25, -0.2) is 4.39 Å². The molecule has 0 aliphatic heterocycles. The Labute approximate surface area is 238 Å². The van der Waals surface area contributed by atoms with Crippen molar-refractivity contribution in [3.05, 3.63) is 95.1 Å². The van der Waals surface area contributed by atoms with Gasteiger partial charge in [0, 0.05) is 36.6 Å². The van der Waals surface area contributed by atoms with E-state index in [2.05, 4.69) is 0 Å². The lowest BCUT2D eigenvalue weighted by Crippen LogP contribution is -2.48. The quantitative estimate of drug-likeness (QED) is 0.243. The maximum Gasteiger partial charge on any atom is 0.416 e. The van der Waals surface area contributed by atoms with Gasteiger partial charge in [-0.1, -0.05) is 45.2 Å². The highest BCUT2D eigenvalue weighted by atomic mass is 19.4. The van der Waals surface area contributed by atoms with Gasteiger partial charge in [0.25, 0.3) is 5.91 Å². The van der Waals surface area contributed by atoms with E-state index in [1.54, 1.807) is 12.1 Å². The van der Waals surface area contributed by atoms with E-state index in [0.29, 0.717) is 19.6 Å². The third-order valence-corrected chi connectivity index (χ3v) is 7.52. The summed E-state index contributed by atoms with van der Waals surface area (Å²) in [6, 6.07) is 14.4. The summed E-state index contributed by atoms with van der Waals surface area (Å²) >= 11 is 0. The Balaban J connectivity index is 1.55. The molecule has 220 valence electrons. The third kappa shape index (κ3) is 8.21. The van der Waals surface area contributed by atoms with Gasteiger partial charge in [0.05, 0.1) is 12.1 Å². The molecule has 0 atom stereocenters. The fraction of sp³-hybridized carbons (Fsp3) is 0.438. The van der Waals surface area contributed by atoms with Gasteiger partial charge >= 0.3 is 6.18 Å². The second-order valence-electron chi connectivity index (χ2n) is 11.2. The van der Waals surface area contributed by atoms with E-state index in [0.717, 1.165) is 55.5 Å². The van der Waals surface area contributed by atoms with Crippen molar-refractivity contribution >= 4 is 11.8 Å². The molecule has 1 aromatic heterocycles. The van der Waals surface area contributed by atoms with Crippen molar-refractivity contribution in [2.45, 2.75) is 71.3 Å². The van der Waals surface area contributed by atoms with Gasteiger partial charge in [0.15, 0.2) is 0 Å². The van der Waals surface area contributed by atoms with Gasteiger partial charge in [0.1, 0.15) is 12.4 Å². The lowest BCUT2D eigenvalue weighted by molar-refractivity contribution is -0.137. The van der Waals surface area contributed by atoms with Gasteiger partial charge in [-0.15, -0.1) is 0 Å². The molecule has 0 saturated heterocycles. The first-order valence-electron chi connectivity index (χ1n) is 14.2. The molecule has 3 aromatic rings. The van der Waals surface area contributed by atoms with E-state index in [-0.39, 0.29) is 35.8 Å². The molecule has 1 fully saturated rings. The fourth-order valence-corrected chi connectivity index (χ4v) is 5.42. The number of hydrogen-bond donors (Lipinski definition) is 0. The molecule has 0 spiro atoms. The number of aromatic nitrogens is 1. The second kappa shape index (κ2) is 13.4. The number of alkyl halides is 3. The summed E-state index contributed by atoms with van der Waals surface area (Å²) in [5.41, 5.74) is 1.15. The Morgan fingerprint density at radius 2 is 1.61 bits per heavy atom. The molecule has 1 heterocycles. The van der Waals surface area contributed by atoms with Crippen LogP contribution in [0.25, 0.3) is 0 Å². The molecule has 1 saturated carbocycles. The molecule has 0 radical (unpaired) electrons. The minimum Gasteiger partial charge on any atom is -0.345 e. The number of carbonyl (C=O) groups excluding carboxylic acids is 2. The summed E-state index contributed by atoms with van der Waals surface area (Å²) in [4.78, 5) is 30.7. The van der Waals surface area contributed by atoms with Gasteiger partial charge in [-0.3, -0.25) is 9.59 Å². The highest BCUT2D eigenvalue weighted by Crippen LogP contribution is 2.29.